The minimum Gasteiger partial charge on any atom is -0.324 e. The van der Waals surface area contributed by atoms with Gasteiger partial charge in [0.2, 0.25) is 0 Å². The molecule has 3 atom stereocenters. The largest absolute Gasteiger partial charge is 0.324 e. The first kappa shape index (κ1) is 12.4. The average molecular weight is 272 g/mol. The lowest BCUT2D eigenvalue weighted by Crippen LogP contribution is -2.15. The molecule has 1 aromatic rings. The molecule has 2 fully saturated rings. The molecule has 0 amide bonds. The molecule has 4 heteroatoms. The maximum Gasteiger partial charge on any atom is 0.160 e. The van der Waals surface area contributed by atoms with Crippen LogP contribution in [0.2, 0.25) is 5.02 Å². The lowest BCUT2D eigenvalue weighted by molar-refractivity contribution is 0.480. The van der Waals surface area contributed by atoms with Gasteiger partial charge in [-0.15, -0.1) is 0 Å². The predicted octanol–water partition coefficient (Wildman–Crippen LogP) is 4.05. The summed E-state index contributed by atoms with van der Waals surface area (Å²) in [6.07, 6.45) is 4.94. The lowest BCUT2D eigenvalue weighted by atomic mass is 10.0. The van der Waals surface area contributed by atoms with Crippen LogP contribution in [0.15, 0.2) is 12.1 Å². The van der Waals surface area contributed by atoms with Gasteiger partial charge in [0.15, 0.2) is 11.6 Å². The molecule has 0 heterocycles. The molecule has 0 aliphatic heterocycles. The van der Waals surface area contributed by atoms with Crippen LogP contribution in [-0.4, -0.2) is 0 Å². The third kappa shape index (κ3) is 1.94. The zero-order valence-electron chi connectivity index (χ0n) is 10.0. The quantitative estimate of drug-likeness (QED) is 0.807. The van der Waals surface area contributed by atoms with Crippen molar-refractivity contribution >= 4 is 11.6 Å². The van der Waals surface area contributed by atoms with Crippen molar-refractivity contribution in [3.8, 4) is 0 Å². The van der Waals surface area contributed by atoms with Crippen LogP contribution in [0.5, 0.6) is 0 Å². The van der Waals surface area contributed by atoms with Crippen molar-refractivity contribution < 1.29 is 8.78 Å². The Morgan fingerprint density at radius 1 is 1.11 bits per heavy atom. The molecule has 2 N–H and O–H groups in total. The van der Waals surface area contributed by atoms with Gasteiger partial charge in [0.1, 0.15) is 0 Å². The maximum atomic E-state index is 13.3. The van der Waals surface area contributed by atoms with Crippen molar-refractivity contribution in [3.63, 3.8) is 0 Å². The van der Waals surface area contributed by atoms with Gasteiger partial charge in [0, 0.05) is 11.1 Å². The van der Waals surface area contributed by atoms with Crippen LogP contribution in [0.3, 0.4) is 0 Å². The Hall–Kier alpha value is -0.670. The standard InChI is InChI=1S/C14H16ClF2N/c15-10-6-12(17)11(16)5-9(10)14(18)13-7-3-1-2-4-8(7)13/h5-8,13-14H,1-4,18H2. The van der Waals surface area contributed by atoms with Gasteiger partial charge >= 0.3 is 0 Å². The summed E-state index contributed by atoms with van der Waals surface area (Å²) in [5.74, 6) is -0.0524. The summed E-state index contributed by atoms with van der Waals surface area (Å²) >= 11 is 5.98. The van der Waals surface area contributed by atoms with Gasteiger partial charge < -0.3 is 5.73 Å². The molecule has 0 bridgehead atoms. The highest BCUT2D eigenvalue weighted by atomic mass is 35.5. The molecule has 1 aromatic carbocycles. The number of halogens is 3. The van der Waals surface area contributed by atoms with Gasteiger partial charge in [-0.25, -0.2) is 8.78 Å². The second-order valence-corrected chi connectivity index (χ2v) is 5.91. The normalized spacial score (nSPS) is 31.9. The fourth-order valence-electron chi connectivity index (χ4n) is 3.58. The number of hydrogen-bond acceptors (Lipinski definition) is 1. The number of benzene rings is 1. The molecule has 3 rings (SSSR count). The summed E-state index contributed by atoms with van der Waals surface area (Å²) in [7, 11) is 0. The molecule has 2 aliphatic carbocycles. The summed E-state index contributed by atoms with van der Waals surface area (Å²) in [5, 5.41) is 0.241. The highest BCUT2D eigenvalue weighted by Crippen LogP contribution is 2.60. The molecule has 98 valence electrons. The van der Waals surface area contributed by atoms with E-state index in [0.717, 1.165) is 12.1 Å². The fraction of sp³-hybridized carbons (Fsp3) is 0.571. The van der Waals surface area contributed by atoms with E-state index in [1.807, 2.05) is 0 Å². The molecule has 3 unspecified atom stereocenters. The zero-order chi connectivity index (χ0) is 12.9. The summed E-state index contributed by atoms with van der Waals surface area (Å²) in [4.78, 5) is 0. The summed E-state index contributed by atoms with van der Waals surface area (Å²) in [6, 6.07) is 1.92. The lowest BCUT2D eigenvalue weighted by Gasteiger charge is -2.14. The van der Waals surface area contributed by atoms with Gasteiger partial charge in [0.05, 0.1) is 0 Å². The van der Waals surface area contributed by atoms with E-state index < -0.39 is 11.6 Å². The van der Waals surface area contributed by atoms with Gasteiger partial charge in [-0.1, -0.05) is 24.4 Å². The maximum absolute atomic E-state index is 13.3. The van der Waals surface area contributed by atoms with Crippen molar-refractivity contribution in [1.29, 1.82) is 0 Å². The topological polar surface area (TPSA) is 26.0 Å². The van der Waals surface area contributed by atoms with Crippen LogP contribution in [0, 0.1) is 29.4 Å². The van der Waals surface area contributed by atoms with Crippen LogP contribution in [0.25, 0.3) is 0 Å². The van der Waals surface area contributed by atoms with Crippen LogP contribution in [0.4, 0.5) is 8.78 Å². The molecule has 2 aliphatic rings. The van der Waals surface area contributed by atoms with Crippen LogP contribution in [0.1, 0.15) is 37.3 Å². The van der Waals surface area contributed by atoms with E-state index in [1.54, 1.807) is 0 Å². The third-order valence-corrected chi connectivity index (χ3v) is 4.86. The van der Waals surface area contributed by atoms with E-state index in [1.165, 1.54) is 25.7 Å². The molecular formula is C14H16ClF2N. The first-order chi connectivity index (χ1) is 8.59. The Morgan fingerprint density at radius 2 is 1.67 bits per heavy atom. The third-order valence-electron chi connectivity index (χ3n) is 4.54. The van der Waals surface area contributed by atoms with Crippen molar-refractivity contribution in [3.05, 3.63) is 34.4 Å². The number of nitrogens with two attached hydrogens (primary N) is 1. The van der Waals surface area contributed by atoms with Crippen LogP contribution >= 0.6 is 11.6 Å². The number of rotatable bonds is 2. The Bertz CT molecular complexity index is 465. The van der Waals surface area contributed by atoms with Crippen molar-refractivity contribution in [2.75, 3.05) is 0 Å². The van der Waals surface area contributed by atoms with E-state index in [9.17, 15) is 8.78 Å². The Morgan fingerprint density at radius 3 is 2.28 bits per heavy atom. The highest BCUT2D eigenvalue weighted by molar-refractivity contribution is 6.31. The van der Waals surface area contributed by atoms with E-state index in [-0.39, 0.29) is 11.1 Å². The predicted molar refractivity (Wildman–Crippen MR) is 67.2 cm³/mol. The highest BCUT2D eigenvalue weighted by Gasteiger charge is 2.53. The zero-order valence-corrected chi connectivity index (χ0v) is 10.8. The van der Waals surface area contributed by atoms with Crippen LogP contribution in [-0.2, 0) is 0 Å². The molecule has 0 radical (unpaired) electrons. The molecule has 0 saturated heterocycles. The van der Waals surface area contributed by atoms with Gasteiger partial charge in [-0.3, -0.25) is 0 Å². The summed E-state index contributed by atoms with van der Waals surface area (Å²) < 4.78 is 26.3. The summed E-state index contributed by atoms with van der Waals surface area (Å²) in [5.41, 5.74) is 6.76. The molecule has 18 heavy (non-hydrogen) atoms. The van der Waals surface area contributed by atoms with Crippen molar-refractivity contribution in [2.24, 2.45) is 23.5 Å². The Kier molecular flexibility index (Phi) is 3.07. The smallest absolute Gasteiger partial charge is 0.160 e. The van der Waals surface area contributed by atoms with Gasteiger partial charge in [0.25, 0.3) is 0 Å². The second kappa shape index (κ2) is 4.46. The van der Waals surface area contributed by atoms with E-state index in [0.29, 0.717) is 23.3 Å². The molecular weight excluding hydrogens is 256 g/mol. The van der Waals surface area contributed by atoms with E-state index >= 15 is 0 Å². The first-order valence-electron chi connectivity index (χ1n) is 6.49. The first-order valence-corrected chi connectivity index (χ1v) is 6.87. The molecule has 0 spiro atoms. The second-order valence-electron chi connectivity index (χ2n) is 5.50. The Labute approximate surface area is 110 Å². The van der Waals surface area contributed by atoms with Crippen molar-refractivity contribution in [1.82, 2.24) is 0 Å². The van der Waals surface area contributed by atoms with Gasteiger partial charge in [-0.05, 0) is 48.3 Å². The van der Waals surface area contributed by atoms with E-state index in [2.05, 4.69) is 0 Å². The number of fused-ring (bicyclic) bond motifs is 1. The van der Waals surface area contributed by atoms with Crippen molar-refractivity contribution in [2.45, 2.75) is 31.7 Å². The SMILES string of the molecule is NC(c1cc(F)c(F)cc1Cl)C1C2CCCCC21. The minimum atomic E-state index is -0.913. The molecule has 1 nitrogen and oxygen atoms in total. The van der Waals surface area contributed by atoms with Gasteiger partial charge in [-0.2, -0.15) is 0 Å². The Balaban J connectivity index is 1.85. The molecule has 0 aromatic heterocycles. The van der Waals surface area contributed by atoms with E-state index in [4.69, 9.17) is 17.3 Å². The molecule has 2 saturated carbocycles. The average Bonchev–Trinajstić information content (AvgIpc) is 3.07. The summed E-state index contributed by atoms with van der Waals surface area (Å²) in [6.45, 7) is 0. The number of hydrogen-bond donors (Lipinski definition) is 1. The van der Waals surface area contributed by atoms with Crippen LogP contribution < -0.4 is 5.73 Å². The minimum absolute atomic E-state index is 0.241. The monoisotopic (exact) mass is 271 g/mol. The fourth-order valence-corrected chi connectivity index (χ4v) is 3.86.